The predicted molar refractivity (Wildman–Crippen MR) is 76.8 cm³/mol. The van der Waals surface area contributed by atoms with Gasteiger partial charge in [-0.3, -0.25) is 0 Å². The smallest absolute Gasteiger partial charge is 0.164 e. The maximum absolute atomic E-state index is 5.92. The molecule has 1 aromatic carbocycles. The molecule has 2 N–H and O–H groups in total. The minimum atomic E-state index is 0.547. The Kier molecular flexibility index (Phi) is 3.01. The molecule has 0 amide bonds. The first kappa shape index (κ1) is 12.2. The van der Waals surface area contributed by atoms with Gasteiger partial charge in [-0.1, -0.05) is 18.9 Å². The van der Waals surface area contributed by atoms with E-state index in [2.05, 4.69) is 21.7 Å². The zero-order valence-electron chi connectivity index (χ0n) is 11.6. The van der Waals surface area contributed by atoms with E-state index in [1.54, 1.807) is 0 Å². The van der Waals surface area contributed by atoms with E-state index in [-0.39, 0.29) is 0 Å². The van der Waals surface area contributed by atoms with Gasteiger partial charge in [-0.25, -0.2) is 0 Å². The summed E-state index contributed by atoms with van der Waals surface area (Å²) in [5.41, 5.74) is 8.99. The number of anilines is 1. The summed E-state index contributed by atoms with van der Waals surface area (Å²) in [4.78, 5) is 0. The number of nitrogen functional groups attached to an aromatic ring is 1. The lowest BCUT2D eigenvalue weighted by atomic mass is 10.1. The molecule has 1 saturated carbocycles. The SMILES string of the molecule is Cc1ccc(N)cc1-c1nnc(C)n1C1CCCC1. The maximum Gasteiger partial charge on any atom is 0.164 e. The molecule has 1 aromatic heterocycles. The van der Waals surface area contributed by atoms with Gasteiger partial charge in [0.15, 0.2) is 5.82 Å². The second-order valence-electron chi connectivity index (χ2n) is 5.45. The Hall–Kier alpha value is -1.84. The Morgan fingerprint density at radius 1 is 1.16 bits per heavy atom. The highest BCUT2D eigenvalue weighted by atomic mass is 15.3. The largest absolute Gasteiger partial charge is 0.399 e. The zero-order valence-corrected chi connectivity index (χ0v) is 11.6. The van der Waals surface area contributed by atoms with Crippen LogP contribution in [-0.2, 0) is 0 Å². The van der Waals surface area contributed by atoms with Crippen LogP contribution >= 0.6 is 0 Å². The van der Waals surface area contributed by atoms with E-state index in [0.717, 1.165) is 22.9 Å². The molecule has 0 aliphatic heterocycles. The van der Waals surface area contributed by atoms with Crippen molar-refractivity contribution in [2.75, 3.05) is 5.73 Å². The molecule has 1 aliphatic carbocycles. The molecule has 0 bridgehead atoms. The summed E-state index contributed by atoms with van der Waals surface area (Å²) >= 11 is 0. The van der Waals surface area contributed by atoms with Crippen LogP contribution in [0.4, 0.5) is 5.69 Å². The zero-order chi connectivity index (χ0) is 13.4. The molecule has 4 nitrogen and oxygen atoms in total. The number of hydrogen-bond donors (Lipinski definition) is 1. The Labute approximate surface area is 113 Å². The van der Waals surface area contributed by atoms with Crippen molar-refractivity contribution in [3.8, 4) is 11.4 Å². The van der Waals surface area contributed by atoms with Gasteiger partial charge in [0, 0.05) is 17.3 Å². The molecule has 1 fully saturated rings. The number of nitrogens with two attached hydrogens (primary N) is 1. The normalized spacial score (nSPS) is 16.1. The van der Waals surface area contributed by atoms with Crippen molar-refractivity contribution in [1.82, 2.24) is 14.8 Å². The third kappa shape index (κ3) is 2.11. The number of hydrogen-bond acceptors (Lipinski definition) is 3. The van der Waals surface area contributed by atoms with Gasteiger partial charge in [-0.2, -0.15) is 0 Å². The molecule has 4 heteroatoms. The van der Waals surface area contributed by atoms with Crippen LogP contribution in [0, 0.1) is 13.8 Å². The quantitative estimate of drug-likeness (QED) is 0.839. The van der Waals surface area contributed by atoms with E-state index in [4.69, 9.17) is 5.73 Å². The van der Waals surface area contributed by atoms with E-state index in [1.807, 2.05) is 25.1 Å². The third-order valence-electron chi connectivity index (χ3n) is 4.06. The molecule has 3 rings (SSSR count). The lowest BCUT2D eigenvalue weighted by Gasteiger charge is -2.17. The van der Waals surface area contributed by atoms with Gasteiger partial charge in [0.25, 0.3) is 0 Å². The molecular formula is C15H20N4. The van der Waals surface area contributed by atoms with Crippen molar-refractivity contribution in [2.45, 2.75) is 45.6 Å². The van der Waals surface area contributed by atoms with Gasteiger partial charge >= 0.3 is 0 Å². The first-order valence-electron chi connectivity index (χ1n) is 6.95. The highest BCUT2D eigenvalue weighted by Gasteiger charge is 2.23. The van der Waals surface area contributed by atoms with Crippen LogP contribution in [0.25, 0.3) is 11.4 Å². The summed E-state index contributed by atoms with van der Waals surface area (Å²) in [6.07, 6.45) is 5.07. The van der Waals surface area contributed by atoms with Crippen LogP contribution in [0.1, 0.15) is 43.1 Å². The minimum absolute atomic E-state index is 0.547. The molecule has 0 atom stereocenters. The van der Waals surface area contributed by atoms with Crippen molar-refractivity contribution in [3.05, 3.63) is 29.6 Å². The molecule has 100 valence electrons. The van der Waals surface area contributed by atoms with Crippen LogP contribution in [0.2, 0.25) is 0 Å². The molecule has 0 radical (unpaired) electrons. The summed E-state index contributed by atoms with van der Waals surface area (Å²) < 4.78 is 2.30. The highest BCUT2D eigenvalue weighted by molar-refractivity contribution is 5.65. The van der Waals surface area contributed by atoms with Crippen LogP contribution in [-0.4, -0.2) is 14.8 Å². The molecule has 0 saturated heterocycles. The molecule has 19 heavy (non-hydrogen) atoms. The Morgan fingerprint density at radius 2 is 1.89 bits per heavy atom. The Balaban J connectivity index is 2.12. The average Bonchev–Trinajstić information content (AvgIpc) is 3.01. The van der Waals surface area contributed by atoms with Crippen molar-refractivity contribution in [1.29, 1.82) is 0 Å². The topological polar surface area (TPSA) is 56.7 Å². The monoisotopic (exact) mass is 256 g/mol. The number of nitrogens with zero attached hydrogens (tertiary/aromatic N) is 3. The minimum Gasteiger partial charge on any atom is -0.399 e. The first-order valence-corrected chi connectivity index (χ1v) is 6.95. The van der Waals surface area contributed by atoms with Gasteiger partial charge in [0.1, 0.15) is 5.82 Å². The molecule has 0 spiro atoms. The third-order valence-corrected chi connectivity index (χ3v) is 4.06. The van der Waals surface area contributed by atoms with Crippen LogP contribution in [0.5, 0.6) is 0 Å². The lowest BCUT2D eigenvalue weighted by Crippen LogP contribution is -2.09. The van der Waals surface area contributed by atoms with Crippen LogP contribution in [0.15, 0.2) is 18.2 Å². The van der Waals surface area contributed by atoms with Crippen molar-refractivity contribution >= 4 is 5.69 Å². The van der Waals surface area contributed by atoms with Crippen molar-refractivity contribution in [2.24, 2.45) is 0 Å². The van der Waals surface area contributed by atoms with Gasteiger partial charge in [0.05, 0.1) is 0 Å². The standard InChI is InChI=1S/C15H20N4/c1-10-7-8-12(16)9-14(10)15-18-17-11(2)19(15)13-5-3-4-6-13/h7-9,13H,3-6,16H2,1-2H3. The second kappa shape index (κ2) is 4.68. The maximum atomic E-state index is 5.92. The molecule has 2 aromatic rings. The first-order chi connectivity index (χ1) is 9.16. The molecule has 0 unspecified atom stereocenters. The second-order valence-corrected chi connectivity index (χ2v) is 5.45. The van der Waals surface area contributed by atoms with E-state index in [0.29, 0.717) is 6.04 Å². The van der Waals surface area contributed by atoms with Crippen molar-refractivity contribution < 1.29 is 0 Å². The summed E-state index contributed by atoms with van der Waals surface area (Å²) in [7, 11) is 0. The van der Waals surface area contributed by atoms with E-state index in [9.17, 15) is 0 Å². The van der Waals surface area contributed by atoms with E-state index < -0.39 is 0 Å². The summed E-state index contributed by atoms with van der Waals surface area (Å²) in [5.74, 6) is 1.97. The summed E-state index contributed by atoms with van der Waals surface area (Å²) in [5, 5.41) is 8.67. The molecular weight excluding hydrogens is 236 g/mol. The number of aryl methyl sites for hydroxylation is 2. The lowest BCUT2D eigenvalue weighted by molar-refractivity contribution is 0.510. The fraction of sp³-hybridized carbons (Fsp3) is 0.467. The van der Waals surface area contributed by atoms with E-state index >= 15 is 0 Å². The molecule has 1 aliphatic rings. The van der Waals surface area contributed by atoms with Gasteiger partial charge in [-0.15, -0.1) is 10.2 Å². The number of benzene rings is 1. The number of aromatic nitrogens is 3. The van der Waals surface area contributed by atoms with Crippen molar-refractivity contribution in [3.63, 3.8) is 0 Å². The Morgan fingerprint density at radius 3 is 2.63 bits per heavy atom. The summed E-state index contributed by atoms with van der Waals surface area (Å²) in [6, 6.07) is 6.53. The fourth-order valence-corrected chi connectivity index (χ4v) is 3.03. The Bertz CT molecular complexity index is 594. The fourth-order valence-electron chi connectivity index (χ4n) is 3.03. The molecule has 1 heterocycles. The highest BCUT2D eigenvalue weighted by Crippen LogP contribution is 2.35. The average molecular weight is 256 g/mol. The number of rotatable bonds is 2. The van der Waals surface area contributed by atoms with Gasteiger partial charge < -0.3 is 10.3 Å². The van der Waals surface area contributed by atoms with Gasteiger partial charge in [-0.05, 0) is 44.4 Å². The predicted octanol–water partition coefficient (Wildman–Crippen LogP) is 3.26. The summed E-state index contributed by atoms with van der Waals surface area (Å²) in [6.45, 7) is 4.13. The van der Waals surface area contributed by atoms with E-state index in [1.165, 1.54) is 31.2 Å². The van der Waals surface area contributed by atoms with Crippen LogP contribution < -0.4 is 5.73 Å². The van der Waals surface area contributed by atoms with Gasteiger partial charge in [0.2, 0.25) is 0 Å². The van der Waals surface area contributed by atoms with Crippen LogP contribution in [0.3, 0.4) is 0 Å².